The maximum absolute atomic E-state index is 11.7. The molecule has 0 aliphatic heterocycles. The highest BCUT2D eigenvalue weighted by Crippen LogP contribution is 2.35. The number of aryl methyl sites for hydroxylation is 5. The fourth-order valence-electron chi connectivity index (χ4n) is 4.31. The molecule has 0 bridgehead atoms. The minimum absolute atomic E-state index is 0.108. The number of hydrogen-bond donors (Lipinski definition) is 3. The highest BCUT2D eigenvalue weighted by Gasteiger charge is 2.16. The van der Waals surface area contributed by atoms with Crippen molar-refractivity contribution in [1.82, 2.24) is 19.9 Å². The van der Waals surface area contributed by atoms with Gasteiger partial charge in [0.1, 0.15) is 11.5 Å². The Labute approximate surface area is 235 Å². The minimum Gasteiger partial charge on any atom is -0.397 e. The van der Waals surface area contributed by atoms with Crippen LogP contribution in [0.3, 0.4) is 0 Å². The summed E-state index contributed by atoms with van der Waals surface area (Å²) in [4.78, 5) is 14.6. The molecule has 0 fully saturated rings. The number of fused-ring (bicyclic) bond motifs is 1. The van der Waals surface area contributed by atoms with Crippen LogP contribution in [0.15, 0.2) is 38.1 Å². The Morgan fingerprint density at radius 3 is 1.92 bits per heavy atom. The molecule has 0 saturated carbocycles. The van der Waals surface area contributed by atoms with E-state index in [2.05, 4.69) is 71.9 Å². The van der Waals surface area contributed by atoms with Gasteiger partial charge in [0, 0.05) is 32.4 Å². The van der Waals surface area contributed by atoms with Gasteiger partial charge in [-0.15, -0.1) is 0 Å². The van der Waals surface area contributed by atoms with Crippen LogP contribution in [0.5, 0.6) is 0 Å². The summed E-state index contributed by atoms with van der Waals surface area (Å²) in [7, 11) is 3.63. The lowest BCUT2D eigenvalue weighted by Gasteiger charge is -2.10. The van der Waals surface area contributed by atoms with Crippen molar-refractivity contribution in [3.05, 3.63) is 64.8 Å². The first-order chi connectivity index (χ1) is 17.0. The van der Waals surface area contributed by atoms with Gasteiger partial charge in [0.15, 0.2) is 0 Å². The molecule has 5 rings (SSSR count). The third-order valence-electron chi connectivity index (χ3n) is 5.96. The molecular weight excluding hydrogens is 686 g/mol. The predicted molar refractivity (Wildman–Crippen MR) is 159 cm³/mol. The van der Waals surface area contributed by atoms with E-state index >= 15 is 0 Å². The van der Waals surface area contributed by atoms with Crippen LogP contribution in [0.1, 0.15) is 22.9 Å². The maximum Gasteiger partial charge on any atom is 0.326 e. The first kappa shape index (κ1) is 26.3. The highest BCUT2D eigenvalue weighted by atomic mass is 127. The molecule has 0 amide bonds. The molecule has 11 heteroatoms. The molecular formula is C25H26I2N6O3. The fraction of sp³-hybridized carbons (Fsp3) is 0.240. The van der Waals surface area contributed by atoms with E-state index in [1.165, 1.54) is 0 Å². The summed E-state index contributed by atoms with van der Waals surface area (Å²) in [5.74, 6) is 1.60. The smallest absolute Gasteiger partial charge is 0.326 e. The molecule has 0 saturated heterocycles. The van der Waals surface area contributed by atoms with Crippen molar-refractivity contribution in [3.63, 3.8) is 0 Å². The van der Waals surface area contributed by atoms with Crippen LogP contribution in [0.4, 0.5) is 11.4 Å². The van der Waals surface area contributed by atoms with E-state index in [0.717, 1.165) is 74.7 Å². The van der Waals surface area contributed by atoms with Gasteiger partial charge in [-0.2, -0.15) is 0 Å². The zero-order chi connectivity index (χ0) is 26.3. The van der Waals surface area contributed by atoms with E-state index in [1.54, 1.807) is 11.6 Å². The van der Waals surface area contributed by atoms with Crippen LogP contribution >= 0.6 is 45.2 Å². The second-order valence-corrected chi connectivity index (χ2v) is 10.7. The first-order valence-electron chi connectivity index (χ1n) is 11.0. The van der Waals surface area contributed by atoms with E-state index in [-0.39, 0.29) is 5.69 Å². The lowest BCUT2D eigenvalue weighted by atomic mass is 10.0. The van der Waals surface area contributed by atoms with Crippen molar-refractivity contribution in [2.45, 2.75) is 27.7 Å². The van der Waals surface area contributed by atoms with Gasteiger partial charge in [0.2, 0.25) is 0 Å². The third-order valence-corrected chi connectivity index (χ3v) is 7.63. The normalized spacial score (nSPS) is 11.0. The molecule has 5 aromatic rings. The van der Waals surface area contributed by atoms with Gasteiger partial charge in [-0.05, 0) is 108 Å². The molecule has 0 radical (unpaired) electrons. The minimum atomic E-state index is -0.108. The molecule has 36 heavy (non-hydrogen) atoms. The van der Waals surface area contributed by atoms with Crippen molar-refractivity contribution in [2.24, 2.45) is 7.05 Å². The van der Waals surface area contributed by atoms with E-state index in [9.17, 15) is 4.79 Å². The molecule has 0 aliphatic carbocycles. The summed E-state index contributed by atoms with van der Waals surface area (Å²) < 4.78 is 14.1. The molecule has 0 spiro atoms. The number of nitrogens with two attached hydrogens (primary N) is 1. The Balaban J connectivity index is 0.000000170. The van der Waals surface area contributed by atoms with Gasteiger partial charge in [0.05, 0.1) is 33.8 Å². The number of benzene rings is 2. The van der Waals surface area contributed by atoms with Crippen LogP contribution in [-0.2, 0) is 7.05 Å². The van der Waals surface area contributed by atoms with Crippen molar-refractivity contribution in [1.29, 1.82) is 0 Å². The highest BCUT2D eigenvalue weighted by molar-refractivity contribution is 14.1. The standard InChI is InChI=1S/C13H12IN3O2.C12H14IN3O/c1-6-11(7(2)19-16-6)8-4-9(14)12-10(5-8)15-13(18)17(12)3;1-6-11(7(2)17-16-6)8-4-9(13)12(15-3)10(14)5-8/h4-5H,1-3H3,(H,15,18);4-5,15H,14H2,1-3H3. The van der Waals surface area contributed by atoms with Crippen LogP contribution in [0.2, 0.25) is 0 Å². The summed E-state index contributed by atoms with van der Waals surface area (Å²) in [6.07, 6.45) is 0. The molecule has 3 heterocycles. The van der Waals surface area contributed by atoms with Crippen molar-refractivity contribution >= 4 is 67.6 Å². The number of rotatable bonds is 3. The number of H-pyrrole nitrogens is 1. The number of nitrogens with zero attached hydrogens (tertiary/aromatic N) is 3. The number of nitrogen functional groups attached to an aromatic ring is 1. The Morgan fingerprint density at radius 1 is 0.917 bits per heavy atom. The average molecular weight is 712 g/mol. The fourth-order valence-corrected chi connectivity index (χ4v) is 6.21. The largest absolute Gasteiger partial charge is 0.397 e. The number of imidazole rings is 1. The predicted octanol–water partition coefficient (Wildman–Crippen LogP) is 5.93. The number of aromatic amines is 1. The van der Waals surface area contributed by atoms with Crippen molar-refractivity contribution < 1.29 is 9.05 Å². The lowest BCUT2D eigenvalue weighted by molar-refractivity contribution is 0.393. The number of nitrogens with one attached hydrogen (secondary N) is 2. The van der Waals surface area contributed by atoms with E-state index < -0.39 is 0 Å². The second kappa shape index (κ2) is 10.3. The lowest BCUT2D eigenvalue weighted by Crippen LogP contribution is -2.12. The molecule has 0 atom stereocenters. The van der Waals surface area contributed by atoms with Gasteiger partial charge >= 0.3 is 5.69 Å². The average Bonchev–Trinajstić information content (AvgIpc) is 3.42. The maximum atomic E-state index is 11.7. The quantitative estimate of drug-likeness (QED) is 0.156. The van der Waals surface area contributed by atoms with Crippen molar-refractivity contribution in [3.8, 4) is 22.3 Å². The Bertz CT molecular complexity index is 1580. The summed E-state index contributed by atoms with van der Waals surface area (Å²) in [5, 5.41) is 11.0. The molecule has 2 aromatic carbocycles. The number of aromatic nitrogens is 4. The van der Waals surface area contributed by atoms with Crippen LogP contribution in [0.25, 0.3) is 33.3 Å². The Hall–Kier alpha value is -2.81. The Morgan fingerprint density at radius 2 is 1.44 bits per heavy atom. The van der Waals surface area contributed by atoms with Gasteiger partial charge in [-0.3, -0.25) is 4.57 Å². The zero-order valence-corrected chi connectivity index (χ0v) is 25.0. The number of hydrogen-bond acceptors (Lipinski definition) is 7. The summed E-state index contributed by atoms with van der Waals surface area (Å²) >= 11 is 4.51. The number of anilines is 2. The van der Waals surface area contributed by atoms with Gasteiger partial charge in [-0.25, -0.2) is 4.79 Å². The molecule has 0 aliphatic rings. The zero-order valence-electron chi connectivity index (χ0n) is 20.7. The SMILES string of the molecule is CNc1c(N)cc(-c2c(C)noc2C)cc1I.Cc1noc(C)c1-c1cc(I)c2c(c1)[nH]c(=O)n2C. The van der Waals surface area contributed by atoms with Crippen LogP contribution in [-0.4, -0.2) is 26.9 Å². The van der Waals surface area contributed by atoms with Gasteiger partial charge in [-0.1, -0.05) is 10.3 Å². The molecule has 3 aromatic heterocycles. The molecule has 188 valence electrons. The summed E-state index contributed by atoms with van der Waals surface area (Å²) in [5.41, 5.74) is 15.2. The molecule has 0 unspecified atom stereocenters. The van der Waals surface area contributed by atoms with Crippen LogP contribution < -0.4 is 16.7 Å². The van der Waals surface area contributed by atoms with Crippen molar-refractivity contribution in [2.75, 3.05) is 18.1 Å². The van der Waals surface area contributed by atoms with E-state index in [4.69, 9.17) is 14.8 Å². The first-order valence-corrected chi connectivity index (χ1v) is 13.2. The van der Waals surface area contributed by atoms with Gasteiger partial charge in [0.25, 0.3) is 0 Å². The topological polar surface area (TPSA) is 128 Å². The summed E-state index contributed by atoms with van der Waals surface area (Å²) in [6, 6.07) is 8.03. The second-order valence-electron chi connectivity index (χ2n) is 8.41. The molecule has 9 nitrogen and oxygen atoms in total. The number of halogens is 2. The van der Waals surface area contributed by atoms with Gasteiger partial charge < -0.3 is 25.1 Å². The third kappa shape index (κ3) is 4.77. The van der Waals surface area contributed by atoms with E-state index in [1.807, 2.05) is 52.9 Å². The van der Waals surface area contributed by atoms with Crippen LogP contribution in [0, 0.1) is 34.8 Å². The summed E-state index contributed by atoms with van der Waals surface area (Å²) in [6.45, 7) is 7.64. The van der Waals surface area contributed by atoms with E-state index in [0.29, 0.717) is 0 Å². The monoisotopic (exact) mass is 712 g/mol. The molecule has 4 N–H and O–H groups in total. The Kier molecular flexibility index (Phi) is 7.50.